The Bertz CT molecular complexity index is 1050. The first-order valence-electron chi connectivity index (χ1n) is 10.8. The standard InChI is InChI=1S/C24H33N3O5S/c1-6-18-11-13-20(14-12-18)27(33(5,30)31)17-23(28)26(22(7-2)24(29)25-3)16-19-9-8-10-21(15-19)32-4/h8-15,22H,6-7,16-17H2,1-5H3,(H,25,29). The molecule has 180 valence electrons. The summed E-state index contributed by atoms with van der Waals surface area (Å²) in [6.45, 7) is 3.53. The Morgan fingerprint density at radius 3 is 2.24 bits per heavy atom. The summed E-state index contributed by atoms with van der Waals surface area (Å²) in [6.07, 6.45) is 2.26. The summed E-state index contributed by atoms with van der Waals surface area (Å²) >= 11 is 0. The molecule has 2 amide bonds. The van der Waals surface area contributed by atoms with Crippen LogP contribution in [0.25, 0.3) is 0 Å². The summed E-state index contributed by atoms with van der Waals surface area (Å²) in [5.74, 6) is -0.160. The van der Waals surface area contributed by atoms with Crippen LogP contribution in [-0.4, -0.2) is 58.1 Å². The number of aryl methyl sites for hydroxylation is 1. The van der Waals surface area contributed by atoms with Gasteiger partial charge in [-0.15, -0.1) is 0 Å². The van der Waals surface area contributed by atoms with Gasteiger partial charge in [0.1, 0.15) is 18.3 Å². The van der Waals surface area contributed by atoms with Gasteiger partial charge in [-0.25, -0.2) is 8.42 Å². The zero-order valence-electron chi connectivity index (χ0n) is 19.9. The van der Waals surface area contributed by atoms with E-state index >= 15 is 0 Å². The number of amides is 2. The Kier molecular flexibility index (Phi) is 9.28. The van der Waals surface area contributed by atoms with E-state index in [9.17, 15) is 18.0 Å². The van der Waals surface area contributed by atoms with E-state index in [-0.39, 0.29) is 12.5 Å². The van der Waals surface area contributed by atoms with Crippen molar-refractivity contribution in [3.63, 3.8) is 0 Å². The second-order valence-electron chi connectivity index (χ2n) is 7.70. The monoisotopic (exact) mass is 475 g/mol. The van der Waals surface area contributed by atoms with Gasteiger partial charge in [0.2, 0.25) is 21.8 Å². The van der Waals surface area contributed by atoms with Crippen LogP contribution in [0.2, 0.25) is 0 Å². The van der Waals surface area contributed by atoms with E-state index in [1.807, 2.05) is 32.0 Å². The molecule has 1 N–H and O–H groups in total. The number of rotatable bonds is 11. The number of hydrogen-bond donors (Lipinski definition) is 1. The average molecular weight is 476 g/mol. The highest BCUT2D eigenvalue weighted by Crippen LogP contribution is 2.21. The molecule has 9 heteroatoms. The molecule has 1 atom stereocenters. The Hall–Kier alpha value is -3.07. The van der Waals surface area contributed by atoms with E-state index in [1.54, 1.807) is 37.4 Å². The van der Waals surface area contributed by atoms with E-state index in [0.29, 0.717) is 17.9 Å². The summed E-state index contributed by atoms with van der Waals surface area (Å²) in [6, 6.07) is 13.5. The van der Waals surface area contributed by atoms with Crippen molar-refractivity contribution >= 4 is 27.5 Å². The van der Waals surface area contributed by atoms with Gasteiger partial charge < -0.3 is 15.0 Å². The first-order chi connectivity index (χ1) is 15.6. The van der Waals surface area contributed by atoms with Crippen molar-refractivity contribution in [2.75, 3.05) is 31.3 Å². The van der Waals surface area contributed by atoms with Crippen LogP contribution in [0.3, 0.4) is 0 Å². The highest BCUT2D eigenvalue weighted by molar-refractivity contribution is 7.92. The molecule has 0 aliphatic carbocycles. The first kappa shape index (κ1) is 26.2. The third kappa shape index (κ3) is 6.95. The van der Waals surface area contributed by atoms with Gasteiger partial charge in [-0.05, 0) is 48.2 Å². The second-order valence-corrected chi connectivity index (χ2v) is 9.61. The molecule has 0 fully saturated rings. The maximum atomic E-state index is 13.5. The summed E-state index contributed by atoms with van der Waals surface area (Å²) in [5, 5.41) is 2.60. The molecule has 0 aliphatic heterocycles. The highest BCUT2D eigenvalue weighted by Gasteiger charge is 2.31. The third-order valence-electron chi connectivity index (χ3n) is 5.43. The van der Waals surface area contributed by atoms with Crippen molar-refractivity contribution in [2.24, 2.45) is 0 Å². The zero-order chi connectivity index (χ0) is 24.6. The SMILES string of the molecule is CCc1ccc(N(CC(=O)N(Cc2cccc(OC)c2)C(CC)C(=O)NC)S(C)(=O)=O)cc1. The number of sulfonamides is 1. The predicted molar refractivity (Wildman–Crippen MR) is 130 cm³/mol. The second kappa shape index (κ2) is 11.7. The minimum Gasteiger partial charge on any atom is -0.497 e. The molecule has 33 heavy (non-hydrogen) atoms. The smallest absolute Gasteiger partial charge is 0.244 e. The molecule has 0 heterocycles. The molecule has 2 aromatic rings. The quantitative estimate of drug-likeness (QED) is 0.539. The van der Waals surface area contributed by atoms with E-state index in [4.69, 9.17) is 4.74 Å². The predicted octanol–water partition coefficient (Wildman–Crippen LogP) is 2.58. The minimum absolute atomic E-state index is 0.133. The van der Waals surface area contributed by atoms with Crippen LogP contribution in [0.15, 0.2) is 48.5 Å². The Balaban J connectivity index is 2.42. The van der Waals surface area contributed by atoms with Crippen molar-refractivity contribution in [3.05, 3.63) is 59.7 Å². The van der Waals surface area contributed by atoms with Crippen LogP contribution in [0.4, 0.5) is 5.69 Å². The van der Waals surface area contributed by atoms with Gasteiger partial charge in [0.15, 0.2) is 0 Å². The molecule has 2 aromatic carbocycles. The molecule has 0 bridgehead atoms. The number of carbonyl (C=O) groups is 2. The lowest BCUT2D eigenvalue weighted by atomic mass is 10.1. The molecule has 2 rings (SSSR count). The van der Waals surface area contributed by atoms with Gasteiger partial charge in [-0.2, -0.15) is 0 Å². The van der Waals surface area contributed by atoms with Crippen molar-refractivity contribution in [3.8, 4) is 5.75 Å². The van der Waals surface area contributed by atoms with E-state index < -0.39 is 28.5 Å². The molecule has 0 saturated heterocycles. The normalized spacial score (nSPS) is 12.0. The largest absolute Gasteiger partial charge is 0.497 e. The van der Waals surface area contributed by atoms with Gasteiger partial charge in [-0.3, -0.25) is 13.9 Å². The van der Waals surface area contributed by atoms with E-state index in [1.165, 1.54) is 11.9 Å². The van der Waals surface area contributed by atoms with Gasteiger partial charge in [0.25, 0.3) is 0 Å². The summed E-state index contributed by atoms with van der Waals surface area (Å²) in [7, 11) is -0.681. The number of nitrogens with one attached hydrogen (secondary N) is 1. The number of methoxy groups -OCH3 is 1. The van der Waals surface area contributed by atoms with Crippen LogP contribution in [0.5, 0.6) is 5.75 Å². The molecule has 0 aliphatic rings. The number of ether oxygens (including phenoxy) is 1. The lowest BCUT2D eigenvalue weighted by Gasteiger charge is -2.32. The van der Waals surface area contributed by atoms with Gasteiger partial charge in [-0.1, -0.05) is 38.1 Å². The van der Waals surface area contributed by atoms with Gasteiger partial charge in [0.05, 0.1) is 19.1 Å². The van der Waals surface area contributed by atoms with Crippen LogP contribution in [-0.2, 0) is 32.6 Å². The Morgan fingerprint density at radius 1 is 1.06 bits per heavy atom. The van der Waals surface area contributed by atoms with Crippen LogP contribution >= 0.6 is 0 Å². The number of benzene rings is 2. The number of carbonyl (C=O) groups excluding carboxylic acids is 2. The van der Waals surface area contributed by atoms with Gasteiger partial charge >= 0.3 is 0 Å². The summed E-state index contributed by atoms with van der Waals surface area (Å²) < 4.78 is 31.5. The number of anilines is 1. The van der Waals surface area contributed by atoms with Crippen molar-refractivity contribution in [2.45, 2.75) is 39.3 Å². The molecular formula is C24H33N3O5S. The molecule has 0 spiro atoms. The van der Waals surface area contributed by atoms with Crippen LogP contribution in [0.1, 0.15) is 31.4 Å². The summed E-state index contributed by atoms with van der Waals surface area (Å²) in [5.41, 5.74) is 2.23. The zero-order valence-corrected chi connectivity index (χ0v) is 20.7. The van der Waals surface area contributed by atoms with Crippen molar-refractivity contribution in [1.82, 2.24) is 10.2 Å². The lowest BCUT2D eigenvalue weighted by Crippen LogP contribution is -2.51. The molecule has 0 aromatic heterocycles. The fraction of sp³-hybridized carbons (Fsp3) is 0.417. The van der Waals surface area contributed by atoms with Crippen LogP contribution < -0.4 is 14.4 Å². The first-order valence-corrected chi connectivity index (χ1v) is 12.7. The molecule has 0 saturated carbocycles. The topological polar surface area (TPSA) is 96.0 Å². The van der Waals surface area contributed by atoms with E-state index in [2.05, 4.69) is 5.32 Å². The van der Waals surface area contributed by atoms with Gasteiger partial charge in [0, 0.05) is 13.6 Å². The molecule has 0 radical (unpaired) electrons. The average Bonchev–Trinajstić information content (AvgIpc) is 2.81. The lowest BCUT2D eigenvalue weighted by molar-refractivity contribution is -0.140. The number of likely N-dealkylation sites (N-methyl/N-ethyl adjacent to an activating group) is 1. The maximum Gasteiger partial charge on any atom is 0.244 e. The van der Waals surface area contributed by atoms with Crippen molar-refractivity contribution < 1.29 is 22.7 Å². The Morgan fingerprint density at radius 2 is 1.73 bits per heavy atom. The highest BCUT2D eigenvalue weighted by atomic mass is 32.2. The van der Waals surface area contributed by atoms with Crippen molar-refractivity contribution in [1.29, 1.82) is 0 Å². The minimum atomic E-state index is -3.74. The fourth-order valence-corrected chi connectivity index (χ4v) is 4.41. The Labute approximate surface area is 196 Å². The molecule has 8 nitrogen and oxygen atoms in total. The maximum absolute atomic E-state index is 13.5. The van der Waals surface area contributed by atoms with E-state index in [0.717, 1.165) is 28.1 Å². The molecular weight excluding hydrogens is 442 g/mol. The fourth-order valence-electron chi connectivity index (χ4n) is 3.57. The number of hydrogen-bond acceptors (Lipinski definition) is 5. The van der Waals surface area contributed by atoms with Crippen LogP contribution in [0, 0.1) is 0 Å². The third-order valence-corrected chi connectivity index (χ3v) is 6.57. The number of nitrogens with zero attached hydrogens (tertiary/aromatic N) is 2. The summed E-state index contributed by atoms with van der Waals surface area (Å²) in [4.78, 5) is 27.5. The molecule has 1 unspecified atom stereocenters.